The molecule has 98 valence electrons. The summed E-state index contributed by atoms with van der Waals surface area (Å²) in [6.45, 7) is 2.30. The number of rotatable bonds is 4. The van der Waals surface area contributed by atoms with E-state index in [1.54, 1.807) is 6.07 Å². The van der Waals surface area contributed by atoms with Crippen LogP contribution in [0, 0.1) is 6.92 Å². The van der Waals surface area contributed by atoms with Gasteiger partial charge in [-0.1, -0.05) is 29.8 Å². The molecule has 0 amide bonds. The average Bonchev–Trinajstić information content (AvgIpc) is 2.37. The van der Waals surface area contributed by atoms with E-state index in [4.69, 9.17) is 21.4 Å². The molecule has 19 heavy (non-hydrogen) atoms. The van der Waals surface area contributed by atoms with Gasteiger partial charge in [-0.15, -0.1) is 0 Å². The molecular weight excluding hydrogens is 264 g/mol. The standard InChI is InChI=1S/C15H13ClO3/c1-10-3-2-4-13(7-10)19-9-12-6-5-11(15(17)18)8-14(12)16/h2-8H,9H2,1H3,(H,17,18). The van der Waals surface area contributed by atoms with Gasteiger partial charge in [0, 0.05) is 10.6 Å². The molecule has 3 nitrogen and oxygen atoms in total. The summed E-state index contributed by atoms with van der Waals surface area (Å²) in [7, 11) is 0. The fourth-order valence-corrected chi connectivity index (χ4v) is 1.90. The van der Waals surface area contributed by atoms with Gasteiger partial charge >= 0.3 is 5.97 Å². The Kier molecular flexibility index (Phi) is 4.07. The van der Waals surface area contributed by atoms with Crippen molar-refractivity contribution in [1.29, 1.82) is 0 Å². The highest BCUT2D eigenvalue weighted by molar-refractivity contribution is 6.31. The monoisotopic (exact) mass is 276 g/mol. The van der Waals surface area contributed by atoms with E-state index in [2.05, 4.69) is 0 Å². The molecule has 0 atom stereocenters. The smallest absolute Gasteiger partial charge is 0.335 e. The zero-order valence-corrected chi connectivity index (χ0v) is 11.1. The molecule has 0 unspecified atom stereocenters. The third kappa shape index (κ3) is 3.48. The van der Waals surface area contributed by atoms with Gasteiger partial charge in [0.05, 0.1) is 5.56 Å². The van der Waals surface area contributed by atoms with E-state index in [-0.39, 0.29) is 5.56 Å². The van der Waals surface area contributed by atoms with E-state index < -0.39 is 5.97 Å². The normalized spacial score (nSPS) is 10.2. The van der Waals surface area contributed by atoms with Crippen LogP contribution in [-0.4, -0.2) is 11.1 Å². The van der Waals surface area contributed by atoms with Crippen LogP contribution in [-0.2, 0) is 6.61 Å². The molecule has 0 aliphatic heterocycles. The molecule has 0 bridgehead atoms. The van der Waals surface area contributed by atoms with Crippen molar-refractivity contribution in [1.82, 2.24) is 0 Å². The Morgan fingerprint density at radius 3 is 2.68 bits per heavy atom. The molecule has 2 rings (SSSR count). The van der Waals surface area contributed by atoms with E-state index >= 15 is 0 Å². The minimum atomic E-state index is -0.993. The Morgan fingerprint density at radius 1 is 1.26 bits per heavy atom. The van der Waals surface area contributed by atoms with Crippen LogP contribution in [0.5, 0.6) is 5.75 Å². The molecule has 0 saturated carbocycles. The van der Waals surface area contributed by atoms with Crippen molar-refractivity contribution in [3.8, 4) is 5.75 Å². The summed E-state index contributed by atoms with van der Waals surface area (Å²) < 4.78 is 5.62. The van der Waals surface area contributed by atoms with Gasteiger partial charge in [0.1, 0.15) is 12.4 Å². The number of benzene rings is 2. The van der Waals surface area contributed by atoms with Crippen molar-refractivity contribution >= 4 is 17.6 Å². The maximum Gasteiger partial charge on any atom is 0.335 e. The van der Waals surface area contributed by atoms with Gasteiger partial charge in [-0.2, -0.15) is 0 Å². The Bertz CT molecular complexity index is 608. The Morgan fingerprint density at radius 2 is 2.05 bits per heavy atom. The molecule has 0 aliphatic carbocycles. The van der Waals surface area contributed by atoms with Gasteiger partial charge in [0.2, 0.25) is 0 Å². The molecule has 1 N–H and O–H groups in total. The molecule has 2 aromatic carbocycles. The van der Waals surface area contributed by atoms with Crippen LogP contribution in [0.25, 0.3) is 0 Å². The molecule has 0 spiro atoms. The molecule has 0 fully saturated rings. The van der Waals surface area contributed by atoms with Gasteiger partial charge in [-0.3, -0.25) is 0 Å². The summed E-state index contributed by atoms with van der Waals surface area (Å²) in [5.41, 5.74) is 2.04. The maximum atomic E-state index is 10.8. The highest BCUT2D eigenvalue weighted by Gasteiger charge is 2.07. The van der Waals surface area contributed by atoms with Gasteiger partial charge in [0.15, 0.2) is 0 Å². The van der Waals surface area contributed by atoms with Crippen LogP contribution >= 0.6 is 11.6 Å². The summed E-state index contributed by atoms with van der Waals surface area (Å²) in [6.07, 6.45) is 0. The first-order valence-corrected chi connectivity index (χ1v) is 6.15. The van der Waals surface area contributed by atoms with Crippen LogP contribution in [0.15, 0.2) is 42.5 Å². The van der Waals surface area contributed by atoms with E-state index in [0.717, 1.165) is 16.9 Å². The summed E-state index contributed by atoms with van der Waals surface area (Å²) in [5.74, 6) is -0.230. The van der Waals surface area contributed by atoms with Gasteiger partial charge < -0.3 is 9.84 Å². The lowest BCUT2D eigenvalue weighted by molar-refractivity contribution is 0.0697. The minimum Gasteiger partial charge on any atom is -0.489 e. The summed E-state index contributed by atoms with van der Waals surface area (Å²) >= 11 is 6.03. The van der Waals surface area contributed by atoms with Crippen molar-refractivity contribution in [2.45, 2.75) is 13.5 Å². The Labute approximate surface area is 116 Å². The predicted octanol–water partition coefficient (Wildman–Crippen LogP) is 3.93. The highest BCUT2D eigenvalue weighted by atomic mass is 35.5. The highest BCUT2D eigenvalue weighted by Crippen LogP contribution is 2.21. The third-order valence-corrected chi connectivity index (χ3v) is 3.04. The number of carbonyl (C=O) groups is 1. The number of hydrogen-bond donors (Lipinski definition) is 1. The fourth-order valence-electron chi connectivity index (χ4n) is 1.66. The Hall–Kier alpha value is -2.00. The maximum absolute atomic E-state index is 10.8. The van der Waals surface area contributed by atoms with Crippen molar-refractivity contribution < 1.29 is 14.6 Å². The first-order valence-electron chi connectivity index (χ1n) is 5.77. The SMILES string of the molecule is Cc1cccc(OCc2ccc(C(=O)O)cc2Cl)c1. The lowest BCUT2D eigenvalue weighted by Gasteiger charge is -2.09. The molecule has 2 aromatic rings. The van der Waals surface area contributed by atoms with Crippen molar-refractivity contribution in [3.63, 3.8) is 0 Å². The molecule has 0 heterocycles. The number of carboxylic acids is 1. The van der Waals surface area contributed by atoms with Gasteiger partial charge in [-0.25, -0.2) is 4.79 Å². The van der Waals surface area contributed by atoms with E-state index in [1.165, 1.54) is 12.1 Å². The lowest BCUT2D eigenvalue weighted by Crippen LogP contribution is -2.00. The largest absolute Gasteiger partial charge is 0.489 e. The van der Waals surface area contributed by atoms with E-state index in [0.29, 0.717) is 11.6 Å². The number of halogens is 1. The van der Waals surface area contributed by atoms with E-state index in [9.17, 15) is 4.79 Å². The Balaban J connectivity index is 2.10. The summed E-state index contributed by atoms with van der Waals surface area (Å²) in [6, 6.07) is 12.3. The van der Waals surface area contributed by atoms with Crippen molar-refractivity contribution in [2.24, 2.45) is 0 Å². The van der Waals surface area contributed by atoms with Gasteiger partial charge in [-0.05, 0) is 36.8 Å². The molecule has 4 heteroatoms. The van der Waals surface area contributed by atoms with Gasteiger partial charge in [0.25, 0.3) is 0 Å². The molecule has 0 aliphatic rings. The number of ether oxygens (including phenoxy) is 1. The predicted molar refractivity (Wildman–Crippen MR) is 73.9 cm³/mol. The quantitative estimate of drug-likeness (QED) is 0.920. The number of aromatic carboxylic acids is 1. The second kappa shape index (κ2) is 5.76. The second-order valence-corrected chi connectivity index (χ2v) is 4.62. The fraction of sp³-hybridized carbons (Fsp3) is 0.133. The third-order valence-electron chi connectivity index (χ3n) is 2.68. The zero-order valence-electron chi connectivity index (χ0n) is 10.4. The van der Waals surface area contributed by atoms with E-state index in [1.807, 2.05) is 31.2 Å². The van der Waals surface area contributed by atoms with Crippen LogP contribution in [0.4, 0.5) is 0 Å². The van der Waals surface area contributed by atoms with Crippen LogP contribution < -0.4 is 4.74 Å². The van der Waals surface area contributed by atoms with Crippen LogP contribution in [0.1, 0.15) is 21.5 Å². The average molecular weight is 277 g/mol. The molecule has 0 aromatic heterocycles. The first-order chi connectivity index (χ1) is 9.06. The van der Waals surface area contributed by atoms with Crippen molar-refractivity contribution in [2.75, 3.05) is 0 Å². The van der Waals surface area contributed by atoms with Crippen LogP contribution in [0.2, 0.25) is 5.02 Å². The molecular formula is C15H13ClO3. The first kappa shape index (κ1) is 13.4. The van der Waals surface area contributed by atoms with Crippen molar-refractivity contribution in [3.05, 3.63) is 64.2 Å². The second-order valence-electron chi connectivity index (χ2n) is 4.22. The number of aryl methyl sites for hydroxylation is 1. The number of hydrogen-bond acceptors (Lipinski definition) is 2. The topological polar surface area (TPSA) is 46.5 Å². The summed E-state index contributed by atoms with van der Waals surface area (Å²) in [5, 5.41) is 9.24. The zero-order chi connectivity index (χ0) is 13.8. The summed E-state index contributed by atoms with van der Waals surface area (Å²) in [4.78, 5) is 10.8. The molecule has 0 saturated heterocycles. The van der Waals surface area contributed by atoms with Crippen LogP contribution in [0.3, 0.4) is 0 Å². The minimum absolute atomic E-state index is 0.171. The molecule has 0 radical (unpaired) electrons. The lowest BCUT2D eigenvalue weighted by atomic mass is 10.1. The number of carboxylic acid groups (broad SMARTS) is 1.